The van der Waals surface area contributed by atoms with Crippen LogP contribution in [0, 0.1) is 0 Å². The molecule has 0 amide bonds. The Balaban J connectivity index is 1.17. The molecule has 10 aromatic rings. The summed E-state index contributed by atoms with van der Waals surface area (Å²) in [5.74, 6) is 0.778. The molecule has 8 aromatic carbocycles. The first-order valence-corrected chi connectivity index (χ1v) is 19.2. The average Bonchev–Trinajstić information content (AvgIpc) is 3.69. The molecule has 0 aliphatic heterocycles. The van der Waals surface area contributed by atoms with Crippen molar-refractivity contribution in [3.8, 4) is 27.9 Å². The summed E-state index contributed by atoms with van der Waals surface area (Å²) in [4.78, 5) is 14.7. The summed E-state index contributed by atoms with van der Waals surface area (Å²) >= 11 is 0. The molecule has 0 N–H and O–H groups in total. The lowest BCUT2D eigenvalue weighted by Crippen LogP contribution is -2.14. The topological polar surface area (TPSA) is 37.2 Å². The first-order valence-electron chi connectivity index (χ1n) is 19.2. The number of fused-ring (bicyclic) bond motifs is 2. The van der Waals surface area contributed by atoms with Gasteiger partial charge in [0, 0.05) is 45.9 Å². The summed E-state index contributed by atoms with van der Waals surface area (Å²) in [6, 6.07) is 74.5. The number of anilines is 6. The molecule has 0 bridgehead atoms. The van der Waals surface area contributed by atoms with Crippen LogP contribution in [0.4, 0.5) is 34.3 Å². The Morgan fingerprint density at radius 1 is 0.368 bits per heavy atom. The van der Waals surface area contributed by atoms with Crippen LogP contribution in [0.5, 0.6) is 0 Å². The maximum atomic E-state index is 5.12. The lowest BCUT2D eigenvalue weighted by Gasteiger charge is -2.28. The van der Waals surface area contributed by atoms with Gasteiger partial charge in [-0.25, -0.2) is 9.97 Å². The minimum atomic E-state index is 0.778. The third-order valence-corrected chi connectivity index (χ3v) is 10.5. The molecule has 0 atom stereocenters. The second-order valence-corrected chi connectivity index (χ2v) is 13.9. The maximum absolute atomic E-state index is 5.12. The second kappa shape index (κ2) is 14.8. The van der Waals surface area contributed by atoms with Gasteiger partial charge in [-0.3, -0.25) is 4.90 Å². The third kappa shape index (κ3) is 6.37. The standard InChI is InChI=1S/C52H37N5/c1-5-16-38(17-6-1)39-28-30-41(31-29-39)55-36-49(48-27-15-19-40-18-13-14-26-47(40)48)50-51(55)52(54-37-53-50)57(44-24-11-4-12-25-44)46-34-32-45(33-35-46)56(42-20-7-2-8-21-42)43-22-9-3-10-23-43/h1-37H. The first kappa shape index (κ1) is 33.8. The van der Waals surface area contributed by atoms with E-state index in [0.717, 1.165) is 67.7 Å². The van der Waals surface area contributed by atoms with Crippen molar-refractivity contribution in [2.75, 3.05) is 9.80 Å². The molecule has 10 rings (SSSR count). The zero-order valence-electron chi connectivity index (χ0n) is 31.1. The van der Waals surface area contributed by atoms with Gasteiger partial charge in [-0.15, -0.1) is 0 Å². The normalized spacial score (nSPS) is 11.2. The first-order chi connectivity index (χ1) is 28.3. The highest BCUT2D eigenvalue weighted by Crippen LogP contribution is 2.44. The zero-order valence-corrected chi connectivity index (χ0v) is 31.1. The van der Waals surface area contributed by atoms with Crippen molar-refractivity contribution in [1.29, 1.82) is 0 Å². The van der Waals surface area contributed by atoms with Crippen LogP contribution in [0.1, 0.15) is 0 Å². The van der Waals surface area contributed by atoms with E-state index in [0.29, 0.717) is 0 Å². The Hall–Kier alpha value is -7.76. The zero-order chi connectivity index (χ0) is 38.0. The summed E-state index contributed by atoms with van der Waals surface area (Å²) in [6.45, 7) is 0. The van der Waals surface area contributed by atoms with Crippen molar-refractivity contribution in [1.82, 2.24) is 14.5 Å². The average molecular weight is 732 g/mol. The summed E-state index contributed by atoms with van der Waals surface area (Å²) in [7, 11) is 0. The molecule has 0 saturated heterocycles. The Bertz CT molecular complexity index is 2880. The molecular weight excluding hydrogens is 695 g/mol. The van der Waals surface area contributed by atoms with Gasteiger partial charge in [-0.05, 0) is 100 Å². The van der Waals surface area contributed by atoms with Gasteiger partial charge in [0.1, 0.15) is 17.4 Å². The number of hydrogen-bond acceptors (Lipinski definition) is 4. The predicted octanol–water partition coefficient (Wildman–Crippen LogP) is 13.8. The van der Waals surface area contributed by atoms with Crippen LogP contribution < -0.4 is 9.80 Å². The molecule has 0 fully saturated rings. The van der Waals surface area contributed by atoms with Gasteiger partial charge in [0.05, 0.1) is 0 Å². The third-order valence-electron chi connectivity index (χ3n) is 10.5. The summed E-state index contributed by atoms with van der Waals surface area (Å²) in [5, 5.41) is 2.36. The summed E-state index contributed by atoms with van der Waals surface area (Å²) < 4.78 is 2.26. The molecule has 2 aromatic heterocycles. The van der Waals surface area contributed by atoms with E-state index in [4.69, 9.17) is 9.97 Å². The highest BCUT2D eigenvalue weighted by Gasteiger charge is 2.24. The number of rotatable bonds is 9. The van der Waals surface area contributed by atoms with Crippen LogP contribution in [0.25, 0.3) is 49.7 Å². The fraction of sp³-hybridized carbons (Fsp3) is 0. The van der Waals surface area contributed by atoms with Gasteiger partial charge in [-0.2, -0.15) is 0 Å². The Morgan fingerprint density at radius 3 is 1.49 bits per heavy atom. The van der Waals surface area contributed by atoms with Crippen molar-refractivity contribution in [2.45, 2.75) is 0 Å². The molecule has 0 aliphatic rings. The quantitative estimate of drug-likeness (QED) is 0.148. The monoisotopic (exact) mass is 731 g/mol. The van der Waals surface area contributed by atoms with Gasteiger partial charge in [0.25, 0.3) is 0 Å². The lowest BCUT2D eigenvalue weighted by molar-refractivity contribution is 1.08. The molecule has 5 nitrogen and oxygen atoms in total. The number of benzene rings is 8. The van der Waals surface area contributed by atoms with E-state index in [1.165, 1.54) is 16.3 Å². The Morgan fingerprint density at radius 2 is 0.860 bits per heavy atom. The number of para-hydroxylation sites is 3. The minimum Gasteiger partial charge on any atom is -0.311 e. The van der Waals surface area contributed by atoms with Crippen molar-refractivity contribution in [2.24, 2.45) is 0 Å². The number of nitrogens with zero attached hydrogens (tertiary/aromatic N) is 5. The maximum Gasteiger partial charge on any atom is 0.166 e. The van der Waals surface area contributed by atoms with Crippen molar-refractivity contribution >= 4 is 56.1 Å². The second-order valence-electron chi connectivity index (χ2n) is 13.9. The molecule has 0 radical (unpaired) electrons. The van der Waals surface area contributed by atoms with Gasteiger partial charge >= 0.3 is 0 Å². The van der Waals surface area contributed by atoms with E-state index in [9.17, 15) is 0 Å². The van der Waals surface area contributed by atoms with Gasteiger partial charge in [-0.1, -0.05) is 140 Å². The van der Waals surface area contributed by atoms with E-state index >= 15 is 0 Å². The van der Waals surface area contributed by atoms with Gasteiger partial charge in [0.15, 0.2) is 5.82 Å². The molecule has 2 heterocycles. The van der Waals surface area contributed by atoms with E-state index in [1.54, 1.807) is 6.33 Å². The van der Waals surface area contributed by atoms with Gasteiger partial charge < -0.3 is 9.47 Å². The SMILES string of the molecule is c1ccc(-c2ccc(-n3cc(-c4cccc5ccccc45)c4ncnc(N(c5ccccc5)c5ccc(N(c6ccccc6)c6ccccc6)cc5)c43)cc2)cc1. The van der Waals surface area contributed by atoms with Crippen molar-refractivity contribution in [3.05, 3.63) is 225 Å². The number of hydrogen-bond donors (Lipinski definition) is 0. The molecule has 0 aliphatic carbocycles. The largest absolute Gasteiger partial charge is 0.311 e. The highest BCUT2D eigenvalue weighted by molar-refractivity contribution is 6.07. The molecule has 0 unspecified atom stereocenters. The Kier molecular flexibility index (Phi) is 8.78. The lowest BCUT2D eigenvalue weighted by atomic mass is 9.99. The molecule has 0 saturated carbocycles. The fourth-order valence-electron chi connectivity index (χ4n) is 7.84. The summed E-state index contributed by atoms with van der Waals surface area (Å²) in [6.07, 6.45) is 3.93. The van der Waals surface area contributed by atoms with Gasteiger partial charge in [0.2, 0.25) is 0 Å². The molecule has 57 heavy (non-hydrogen) atoms. The van der Waals surface area contributed by atoms with E-state index < -0.39 is 0 Å². The van der Waals surface area contributed by atoms with Crippen LogP contribution in [-0.4, -0.2) is 14.5 Å². The molecule has 5 heteroatoms. The van der Waals surface area contributed by atoms with Crippen molar-refractivity contribution in [3.63, 3.8) is 0 Å². The fourth-order valence-corrected chi connectivity index (χ4v) is 7.84. The highest BCUT2D eigenvalue weighted by atomic mass is 15.2. The molecule has 270 valence electrons. The van der Waals surface area contributed by atoms with E-state index in [2.05, 4.69) is 227 Å². The Labute approximate surface area is 332 Å². The van der Waals surface area contributed by atoms with Crippen molar-refractivity contribution < 1.29 is 0 Å². The van der Waals surface area contributed by atoms with E-state index in [-0.39, 0.29) is 0 Å². The van der Waals surface area contributed by atoms with E-state index in [1.807, 2.05) is 6.07 Å². The minimum absolute atomic E-state index is 0.778. The summed E-state index contributed by atoms with van der Waals surface area (Å²) in [5.41, 5.74) is 12.5. The predicted molar refractivity (Wildman–Crippen MR) is 237 cm³/mol. The molecular formula is C52H37N5. The van der Waals surface area contributed by atoms with Crippen LogP contribution in [0.3, 0.4) is 0 Å². The van der Waals surface area contributed by atoms with Crippen LogP contribution in [0.15, 0.2) is 225 Å². The van der Waals surface area contributed by atoms with Crippen LogP contribution in [-0.2, 0) is 0 Å². The van der Waals surface area contributed by atoms with Crippen LogP contribution in [0.2, 0.25) is 0 Å². The number of aromatic nitrogens is 3. The van der Waals surface area contributed by atoms with Crippen LogP contribution >= 0.6 is 0 Å². The molecule has 0 spiro atoms. The smallest absolute Gasteiger partial charge is 0.166 e.